The number of benzene rings is 1. The highest BCUT2D eigenvalue weighted by molar-refractivity contribution is 9.10. The third-order valence-electron chi connectivity index (χ3n) is 3.23. The Morgan fingerprint density at radius 1 is 1.33 bits per heavy atom. The van der Waals surface area contributed by atoms with E-state index < -0.39 is 16.0 Å². The summed E-state index contributed by atoms with van der Waals surface area (Å²) in [6, 6.07) is 3.76. The molecule has 0 atom stereocenters. The summed E-state index contributed by atoms with van der Waals surface area (Å²) < 4.78 is 27.2. The molecule has 6 nitrogen and oxygen atoms in total. The van der Waals surface area contributed by atoms with Crippen LogP contribution in [0.2, 0.25) is 0 Å². The zero-order valence-electron chi connectivity index (χ0n) is 12.0. The molecule has 0 heterocycles. The molecule has 2 N–H and O–H groups in total. The zero-order valence-corrected chi connectivity index (χ0v) is 14.4. The van der Waals surface area contributed by atoms with E-state index in [1.165, 1.54) is 17.0 Å². The van der Waals surface area contributed by atoms with E-state index in [1.807, 2.05) is 13.8 Å². The van der Waals surface area contributed by atoms with Gasteiger partial charge in [0.1, 0.15) is 0 Å². The van der Waals surface area contributed by atoms with Crippen LogP contribution in [0.4, 0.5) is 0 Å². The Bertz CT molecular complexity index is 600. The maximum Gasteiger partial charge on any atom is 0.241 e. The highest BCUT2D eigenvalue weighted by atomic mass is 79.9. The van der Waals surface area contributed by atoms with Crippen molar-refractivity contribution in [2.75, 3.05) is 26.2 Å². The SMILES string of the molecule is CC[NH+](CC)CCNS(=O)(=O)c1cc(C(=O)[O-])ccc1Br. The number of sulfonamides is 1. The van der Waals surface area contributed by atoms with E-state index in [-0.39, 0.29) is 10.5 Å². The number of likely N-dealkylation sites (N-methyl/N-ethyl adjacent to an activating group) is 1. The van der Waals surface area contributed by atoms with Crippen molar-refractivity contribution in [2.45, 2.75) is 18.7 Å². The van der Waals surface area contributed by atoms with Gasteiger partial charge in [0.25, 0.3) is 0 Å². The predicted octanol–water partition coefficient (Wildman–Crippen LogP) is -0.984. The summed E-state index contributed by atoms with van der Waals surface area (Å²) >= 11 is 3.13. The summed E-state index contributed by atoms with van der Waals surface area (Å²) in [6.07, 6.45) is 0. The van der Waals surface area contributed by atoms with E-state index in [9.17, 15) is 18.3 Å². The van der Waals surface area contributed by atoms with Crippen LogP contribution in [-0.2, 0) is 10.0 Å². The summed E-state index contributed by atoms with van der Waals surface area (Å²) in [7, 11) is -3.76. The van der Waals surface area contributed by atoms with Gasteiger partial charge in [0, 0.05) is 4.47 Å². The lowest BCUT2D eigenvalue weighted by atomic mass is 10.2. The van der Waals surface area contributed by atoms with Crippen LogP contribution in [0.3, 0.4) is 0 Å². The van der Waals surface area contributed by atoms with Gasteiger partial charge in [-0.1, -0.05) is 6.07 Å². The van der Waals surface area contributed by atoms with Crippen LogP contribution in [-0.4, -0.2) is 40.6 Å². The quantitative estimate of drug-likeness (QED) is 0.607. The second-order valence-electron chi connectivity index (χ2n) is 4.54. The van der Waals surface area contributed by atoms with Crippen molar-refractivity contribution in [2.24, 2.45) is 0 Å². The topological polar surface area (TPSA) is 90.7 Å². The molecule has 0 bridgehead atoms. The minimum Gasteiger partial charge on any atom is -0.545 e. The molecule has 0 saturated carbocycles. The van der Waals surface area contributed by atoms with Gasteiger partial charge in [-0.25, -0.2) is 13.1 Å². The standard InChI is InChI=1S/C13H19BrN2O4S/c1-3-16(4-2)8-7-15-21(19,20)12-9-10(13(17)18)5-6-11(12)14/h5-6,9,15H,3-4,7-8H2,1-2H3,(H,17,18). The average molecular weight is 379 g/mol. The Morgan fingerprint density at radius 2 is 1.95 bits per heavy atom. The summed E-state index contributed by atoms with van der Waals surface area (Å²) in [6.45, 7) is 6.87. The molecule has 1 aromatic carbocycles. The maximum atomic E-state index is 12.2. The minimum atomic E-state index is -3.76. The first-order valence-corrected chi connectivity index (χ1v) is 8.93. The average Bonchev–Trinajstić information content (AvgIpc) is 2.43. The van der Waals surface area contributed by atoms with Crippen molar-refractivity contribution in [1.29, 1.82) is 0 Å². The van der Waals surface area contributed by atoms with E-state index in [4.69, 9.17) is 0 Å². The van der Waals surface area contributed by atoms with E-state index in [2.05, 4.69) is 20.7 Å². The number of aromatic carboxylic acids is 1. The number of carbonyl (C=O) groups is 1. The van der Waals surface area contributed by atoms with E-state index >= 15 is 0 Å². The molecule has 0 amide bonds. The monoisotopic (exact) mass is 378 g/mol. The molecule has 0 spiro atoms. The molecule has 1 rings (SSSR count). The summed E-state index contributed by atoms with van der Waals surface area (Å²) in [5.74, 6) is -1.41. The van der Waals surface area contributed by atoms with Crippen LogP contribution in [0.1, 0.15) is 24.2 Å². The first-order valence-electron chi connectivity index (χ1n) is 6.66. The molecule has 0 unspecified atom stereocenters. The number of carboxylic acids is 1. The molecule has 1 aromatic rings. The summed E-state index contributed by atoms with van der Waals surface area (Å²) in [4.78, 5) is 12.0. The lowest BCUT2D eigenvalue weighted by Crippen LogP contribution is -3.12. The number of hydrogen-bond donors (Lipinski definition) is 2. The lowest BCUT2D eigenvalue weighted by Gasteiger charge is -2.16. The van der Waals surface area contributed by atoms with Gasteiger partial charge in [-0.2, -0.15) is 0 Å². The van der Waals surface area contributed by atoms with Crippen LogP contribution >= 0.6 is 15.9 Å². The van der Waals surface area contributed by atoms with Crippen LogP contribution in [0.15, 0.2) is 27.6 Å². The smallest absolute Gasteiger partial charge is 0.241 e. The van der Waals surface area contributed by atoms with Crippen molar-refractivity contribution >= 4 is 31.9 Å². The number of carbonyl (C=O) groups excluding carboxylic acids is 1. The van der Waals surface area contributed by atoms with Gasteiger partial charge in [-0.3, -0.25) is 0 Å². The van der Waals surface area contributed by atoms with E-state index in [1.54, 1.807) is 0 Å². The third kappa shape index (κ3) is 5.06. The molecule has 0 aliphatic rings. The lowest BCUT2D eigenvalue weighted by molar-refractivity contribution is -0.895. The number of quaternary nitrogens is 1. The van der Waals surface area contributed by atoms with Gasteiger partial charge < -0.3 is 14.8 Å². The Balaban J connectivity index is 2.87. The number of nitrogens with one attached hydrogen (secondary N) is 2. The summed E-state index contributed by atoms with van der Waals surface area (Å²) in [5, 5.41) is 10.8. The predicted molar refractivity (Wildman–Crippen MR) is 80.6 cm³/mol. The first-order chi connectivity index (χ1) is 9.81. The minimum absolute atomic E-state index is 0.0984. The Labute approximate surface area is 133 Å². The van der Waals surface area contributed by atoms with Crippen LogP contribution in [0.25, 0.3) is 0 Å². The molecule has 0 aromatic heterocycles. The fourth-order valence-electron chi connectivity index (χ4n) is 1.88. The summed E-state index contributed by atoms with van der Waals surface area (Å²) in [5.41, 5.74) is -0.173. The number of rotatable bonds is 8. The second kappa shape index (κ2) is 7.88. The van der Waals surface area contributed by atoms with Gasteiger partial charge in [-0.15, -0.1) is 0 Å². The van der Waals surface area contributed by atoms with Crippen molar-refractivity contribution in [1.82, 2.24) is 4.72 Å². The molecule has 0 aliphatic carbocycles. The molecule has 0 radical (unpaired) electrons. The normalized spacial score (nSPS) is 11.8. The van der Waals surface area contributed by atoms with Gasteiger partial charge in [0.15, 0.2) is 0 Å². The molecular weight excluding hydrogens is 360 g/mol. The fourth-order valence-corrected chi connectivity index (χ4v) is 3.90. The Hall–Kier alpha value is -0.960. The number of halogens is 1. The first kappa shape index (κ1) is 18.1. The van der Waals surface area contributed by atoms with Crippen LogP contribution in [0.5, 0.6) is 0 Å². The zero-order chi connectivity index (χ0) is 16.0. The van der Waals surface area contributed by atoms with Crippen molar-refractivity contribution in [3.8, 4) is 0 Å². The van der Waals surface area contributed by atoms with Gasteiger partial charge >= 0.3 is 0 Å². The molecule has 118 valence electrons. The van der Waals surface area contributed by atoms with Crippen molar-refractivity contribution in [3.05, 3.63) is 28.2 Å². The molecule has 8 heteroatoms. The van der Waals surface area contributed by atoms with Crippen LogP contribution in [0, 0.1) is 0 Å². The molecule has 0 saturated heterocycles. The van der Waals surface area contributed by atoms with Gasteiger partial charge in [0.05, 0.1) is 37.0 Å². The maximum absolute atomic E-state index is 12.2. The van der Waals surface area contributed by atoms with Crippen molar-refractivity contribution < 1.29 is 23.2 Å². The van der Waals surface area contributed by atoms with E-state index in [0.29, 0.717) is 17.6 Å². The molecule has 0 aliphatic heterocycles. The molecule has 21 heavy (non-hydrogen) atoms. The Kier molecular flexibility index (Phi) is 6.79. The second-order valence-corrected chi connectivity index (χ2v) is 7.13. The van der Waals surface area contributed by atoms with Gasteiger partial charge in [0.2, 0.25) is 10.0 Å². The van der Waals surface area contributed by atoms with Crippen molar-refractivity contribution in [3.63, 3.8) is 0 Å². The number of hydrogen-bond acceptors (Lipinski definition) is 4. The number of carboxylic acid groups (broad SMARTS) is 1. The van der Waals surface area contributed by atoms with Crippen LogP contribution < -0.4 is 14.7 Å². The third-order valence-corrected chi connectivity index (χ3v) is 5.68. The molecule has 0 fully saturated rings. The Morgan fingerprint density at radius 3 is 2.48 bits per heavy atom. The van der Waals surface area contributed by atoms with E-state index in [0.717, 1.165) is 19.2 Å². The highest BCUT2D eigenvalue weighted by Crippen LogP contribution is 2.22. The fraction of sp³-hybridized carbons (Fsp3) is 0.462. The largest absolute Gasteiger partial charge is 0.545 e. The highest BCUT2D eigenvalue weighted by Gasteiger charge is 2.18. The molecular formula is C13H19BrN2O4S. The van der Waals surface area contributed by atoms with Gasteiger partial charge in [-0.05, 0) is 47.5 Å².